The monoisotopic (exact) mass is 639 g/mol. The molecule has 1 atom stereocenters. The number of carbonyl (C=O) groups excluding carboxylic acids is 2. The van der Waals surface area contributed by atoms with E-state index in [1.807, 2.05) is 13.8 Å². The lowest BCUT2D eigenvalue weighted by molar-refractivity contribution is -0.139. The Morgan fingerprint density at radius 1 is 0.927 bits per heavy atom. The van der Waals surface area contributed by atoms with Gasteiger partial charge in [-0.1, -0.05) is 72.9 Å². The summed E-state index contributed by atoms with van der Waals surface area (Å²) in [4.78, 5) is 28.4. The van der Waals surface area contributed by atoms with Gasteiger partial charge < -0.3 is 15.0 Å². The third-order valence-electron chi connectivity index (χ3n) is 6.24. The van der Waals surface area contributed by atoms with Gasteiger partial charge in [0.25, 0.3) is 10.0 Å². The van der Waals surface area contributed by atoms with Crippen molar-refractivity contribution in [2.45, 2.75) is 38.3 Å². The van der Waals surface area contributed by atoms with Gasteiger partial charge in [0, 0.05) is 23.1 Å². The van der Waals surface area contributed by atoms with Gasteiger partial charge in [0.1, 0.15) is 18.3 Å². The van der Waals surface area contributed by atoms with Crippen molar-refractivity contribution in [3.05, 3.63) is 87.4 Å². The maximum absolute atomic E-state index is 14.0. The Morgan fingerprint density at radius 3 is 2.20 bits per heavy atom. The lowest BCUT2D eigenvalue weighted by Gasteiger charge is -2.32. The maximum Gasteiger partial charge on any atom is 0.264 e. The van der Waals surface area contributed by atoms with Crippen LogP contribution in [-0.2, 0) is 26.2 Å². The highest BCUT2D eigenvalue weighted by Gasteiger charge is 2.33. The number of rotatable bonds is 12. The van der Waals surface area contributed by atoms with E-state index in [4.69, 9.17) is 39.5 Å². The number of halogens is 3. The second kappa shape index (κ2) is 14.3. The van der Waals surface area contributed by atoms with Crippen molar-refractivity contribution in [1.29, 1.82) is 0 Å². The van der Waals surface area contributed by atoms with E-state index < -0.39 is 28.5 Å². The summed E-state index contributed by atoms with van der Waals surface area (Å²) >= 11 is 18.8. The summed E-state index contributed by atoms with van der Waals surface area (Å²) in [5.41, 5.74) is 0.687. The summed E-state index contributed by atoms with van der Waals surface area (Å²) in [7, 11) is -2.79. The number of amides is 2. The Morgan fingerprint density at radius 2 is 1.61 bits per heavy atom. The van der Waals surface area contributed by atoms with Crippen LogP contribution in [0.4, 0.5) is 5.69 Å². The molecule has 12 heteroatoms. The van der Waals surface area contributed by atoms with Crippen LogP contribution in [0.25, 0.3) is 0 Å². The van der Waals surface area contributed by atoms with Gasteiger partial charge in [0.05, 0.1) is 22.7 Å². The fourth-order valence-electron chi connectivity index (χ4n) is 3.93. The number of nitrogens with zero attached hydrogens (tertiary/aromatic N) is 2. The molecular weight excluding hydrogens is 609 g/mol. The largest absolute Gasteiger partial charge is 0.495 e. The Bertz CT molecular complexity index is 1490. The fraction of sp³-hybridized carbons (Fsp3) is 0.310. The molecule has 0 bridgehead atoms. The molecule has 220 valence electrons. The molecule has 0 aromatic heterocycles. The first kappa shape index (κ1) is 32.5. The van der Waals surface area contributed by atoms with E-state index in [1.165, 1.54) is 48.4 Å². The van der Waals surface area contributed by atoms with Crippen molar-refractivity contribution in [2.24, 2.45) is 5.92 Å². The predicted octanol–water partition coefficient (Wildman–Crippen LogP) is 6.04. The highest BCUT2D eigenvalue weighted by molar-refractivity contribution is 7.92. The first-order valence-corrected chi connectivity index (χ1v) is 15.3. The van der Waals surface area contributed by atoms with Crippen molar-refractivity contribution in [1.82, 2.24) is 10.2 Å². The number of methoxy groups -OCH3 is 1. The molecule has 8 nitrogen and oxygen atoms in total. The van der Waals surface area contributed by atoms with E-state index in [9.17, 15) is 18.0 Å². The van der Waals surface area contributed by atoms with Crippen LogP contribution in [-0.4, -0.2) is 51.4 Å². The Hall–Kier alpha value is -2.98. The highest BCUT2D eigenvalue weighted by atomic mass is 35.5. The van der Waals surface area contributed by atoms with Crippen LogP contribution in [0, 0.1) is 5.92 Å². The molecule has 0 saturated carbocycles. The minimum Gasteiger partial charge on any atom is -0.495 e. The van der Waals surface area contributed by atoms with Crippen LogP contribution in [0.15, 0.2) is 71.6 Å². The van der Waals surface area contributed by atoms with Crippen LogP contribution >= 0.6 is 34.8 Å². The summed E-state index contributed by atoms with van der Waals surface area (Å²) in [6.07, 6.45) is 0. The number of carbonyl (C=O) groups is 2. The van der Waals surface area contributed by atoms with Gasteiger partial charge in [-0.3, -0.25) is 13.9 Å². The van der Waals surface area contributed by atoms with Gasteiger partial charge >= 0.3 is 0 Å². The van der Waals surface area contributed by atoms with Gasteiger partial charge in [0.15, 0.2) is 0 Å². The quantitative estimate of drug-likeness (QED) is 0.261. The summed E-state index contributed by atoms with van der Waals surface area (Å²) in [6.45, 7) is 5.21. The number of anilines is 1. The second-order valence-corrected chi connectivity index (χ2v) is 12.8. The standard InChI is InChI=1S/C29H32Cl3N3O5S/c1-19(2)16-33-29(37)20(3)34(17-21-10-11-22(30)14-25(21)31)28(36)18-35(23-12-13-27(40-4)26(32)15-23)41(38,39)24-8-6-5-7-9-24/h5-15,19-20H,16-18H2,1-4H3,(H,33,37)/t20-/m1/s1. The number of sulfonamides is 1. The molecular formula is C29H32Cl3N3O5S. The Balaban J connectivity index is 2.06. The van der Waals surface area contributed by atoms with Crippen molar-refractivity contribution in [3.63, 3.8) is 0 Å². The third kappa shape index (κ3) is 8.29. The van der Waals surface area contributed by atoms with Crippen molar-refractivity contribution >= 4 is 62.3 Å². The van der Waals surface area contributed by atoms with Crippen LogP contribution in [0.3, 0.4) is 0 Å². The van der Waals surface area contributed by atoms with Crippen LogP contribution < -0.4 is 14.4 Å². The summed E-state index contributed by atoms with van der Waals surface area (Å²) in [6, 6.07) is 16.0. The summed E-state index contributed by atoms with van der Waals surface area (Å²) in [5.74, 6) is -0.489. The molecule has 0 fully saturated rings. The smallest absolute Gasteiger partial charge is 0.264 e. The van der Waals surface area contributed by atoms with Crippen LogP contribution in [0.2, 0.25) is 15.1 Å². The average molecular weight is 641 g/mol. The molecule has 3 aromatic carbocycles. The number of nitrogens with one attached hydrogen (secondary N) is 1. The molecule has 0 unspecified atom stereocenters. The number of ether oxygens (including phenoxy) is 1. The first-order chi connectivity index (χ1) is 19.3. The lowest BCUT2D eigenvalue weighted by atomic mass is 10.1. The SMILES string of the molecule is COc1ccc(N(CC(=O)N(Cc2ccc(Cl)cc2Cl)[C@H](C)C(=O)NCC(C)C)S(=O)(=O)c2ccccc2)cc1Cl. The average Bonchev–Trinajstić information content (AvgIpc) is 2.94. The van der Waals surface area contributed by atoms with E-state index in [-0.39, 0.29) is 34.0 Å². The summed E-state index contributed by atoms with van der Waals surface area (Å²) in [5, 5.41) is 3.72. The van der Waals surface area contributed by atoms with Crippen LogP contribution in [0.5, 0.6) is 5.75 Å². The van der Waals surface area contributed by atoms with E-state index in [2.05, 4.69) is 5.32 Å². The van der Waals surface area contributed by atoms with Gasteiger partial charge in [-0.2, -0.15) is 0 Å². The highest BCUT2D eigenvalue weighted by Crippen LogP contribution is 2.32. The predicted molar refractivity (Wildman–Crippen MR) is 163 cm³/mol. The molecule has 0 saturated heterocycles. The second-order valence-electron chi connectivity index (χ2n) is 9.72. The minimum absolute atomic E-state index is 0.0187. The Labute approximate surface area is 256 Å². The molecule has 0 aliphatic rings. The Kier molecular flexibility index (Phi) is 11.3. The first-order valence-electron chi connectivity index (χ1n) is 12.8. The number of benzene rings is 3. The lowest BCUT2D eigenvalue weighted by Crippen LogP contribution is -2.51. The summed E-state index contributed by atoms with van der Waals surface area (Å²) < 4.78 is 33.9. The molecule has 0 spiro atoms. The van der Waals surface area contributed by atoms with Crippen molar-refractivity contribution in [2.75, 3.05) is 24.5 Å². The maximum atomic E-state index is 14.0. The molecule has 0 aliphatic heterocycles. The van der Waals surface area contributed by atoms with E-state index in [1.54, 1.807) is 37.3 Å². The molecule has 0 aliphatic carbocycles. The molecule has 1 N–H and O–H groups in total. The topological polar surface area (TPSA) is 96.0 Å². The van der Waals surface area contributed by atoms with Gasteiger partial charge in [-0.25, -0.2) is 8.42 Å². The van der Waals surface area contributed by atoms with Crippen molar-refractivity contribution in [3.8, 4) is 5.75 Å². The number of hydrogen-bond acceptors (Lipinski definition) is 5. The van der Waals surface area contributed by atoms with Crippen molar-refractivity contribution < 1.29 is 22.7 Å². The normalized spacial score (nSPS) is 12.1. The molecule has 0 radical (unpaired) electrons. The van der Waals surface area contributed by atoms with Gasteiger partial charge in [0.2, 0.25) is 11.8 Å². The zero-order chi connectivity index (χ0) is 30.3. The molecule has 3 aromatic rings. The number of hydrogen-bond donors (Lipinski definition) is 1. The van der Waals surface area contributed by atoms with E-state index >= 15 is 0 Å². The fourth-order valence-corrected chi connectivity index (χ4v) is 6.07. The van der Waals surface area contributed by atoms with Gasteiger partial charge in [-0.05, 0) is 60.9 Å². The third-order valence-corrected chi connectivity index (χ3v) is 8.91. The van der Waals surface area contributed by atoms with Crippen LogP contribution in [0.1, 0.15) is 26.3 Å². The zero-order valence-corrected chi connectivity index (χ0v) is 26.2. The molecule has 0 heterocycles. The molecule has 41 heavy (non-hydrogen) atoms. The van der Waals surface area contributed by atoms with E-state index in [0.717, 1.165) is 4.31 Å². The minimum atomic E-state index is -4.23. The molecule has 3 rings (SSSR count). The van der Waals surface area contributed by atoms with E-state index in [0.29, 0.717) is 27.9 Å². The zero-order valence-electron chi connectivity index (χ0n) is 23.1. The molecule has 2 amide bonds. The van der Waals surface area contributed by atoms with Gasteiger partial charge in [-0.15, -0.1) is 0 Å².